The fourth-order valence-electron chi connectivity index (χ4n) is 2.10. The van der Waals surface area contributed by atoms with Gasteiger partial charge in [-0.3, -0.25) is 4.79 Å². The molecule has 0 radical (unpaired) electrons. The summed E-state index contributed by atoms with van der Waals surface area (Å²) in [5.41, 5.74) is 0.715. The van der Waals surface area contributed by atoms with Crippen LogP contribution in [0.1, 0.15) is 17.3 Å². The van der Waals surface area contributed by atoms with E-state index in [1.807, 2.05) is 36.1 Å². The van der Waals surface area contributed by atoms with Gasteiger partial charge in [-0.2, -0.15) is 0 Å². The van der Waals surface area contributed by atoms with Gasteiger partial charge in [0, 0.05) is 28.5 Å². The third-order valence-corrected chi connectivity index (χ3v) is 4.07. The zero-order valence-electron chi connectivity index (χ0n) is 10.1. The molecule has 2 unspecified atom stereocenters. The van der Waals surface area contributed by atoms with Gasteiger partial charge in [0.2, 0.25) is 0 Å². The second-order valence-corrected chi connectivity index (χ2v) is 6.01. The van der Waals surface area contributed by atoms with Gasteiger partial charge in [0.05, 0.1) is 12.2 Å². The first-order valence-electron chi connectivity index (χ1n) is 5.86. The third kappa shape index (κ3) is 3.33. The van der Waals surface area contributed by atoms with Crippen molar-refractivity contribution in [1.29, 1.82) is 0 Å². The van der Waals surface area contributed by atoms with Crippen molar-refractivity contribution in [3.63, 3.8) is 0 Å². The molecule has 5 heteroatoms. The van der Waals surface area contributed by atoms with Crippen LogP contribution < -0.4 is 0 Å². The lowest BCUT2D eigenvalue weighted by Crippen LogP contribution is -2.49. The summed E-state index contributed by atoms with van der Waals surface area (Å²) in [5.74, 6) is 0.0670. The number of halogens is 2. The SMILES string of the molecule is CC1CN(C(=O)c2cccc(Br)c2)CC(CBr)O1. The molecule has 0 bridgehead atoms. The van der Waals surface area contributed by atoms with E-state index in [0.29, 0.717) is 18.7 Å². The van der Waals surface area contributed by atoms with Crippen LogP contribution >= 0.6 is 31.9 Å². The molecule has 1 heterocycles. The highest BCUT2D eigenvalue weighted by Gasteiger charge is 2.28. The van der Waals surface area contributed by atoms with Crippen LogP contribution in [0.5, 0.6) is 0 Å². The van der Waals surface area contributed by atoms with Crippen molar-refractivity contribution in [1.82, 2.24) is 4.90 Å². The Kier molecular flexibility index (Phi) is 4.81. The monoisotopic (exact) mass is 375 g/mol. The summed E-state index contributed by atoms with van der Waals surface area (Å²) in [4.78, 5) is 14.3. The summed E-state index contributed by atoms with van der Waals surface area (Å²) in [5, 5.41) is 0.750. The van der Waals surface area contributed by atoms with E-state index in [4.69, 9.17) is 4.74 Å². The average molecular weight is 377 g/mol. The first kappa shape index (κ1) is 14.0. The van der Waals surface area contributed by atoms with Crippen molar-refractivity contribution >= 4 is 37.8 Å². The van der Waals surface area contributed by atoms with Crippen molar-refractivity contribution in [2.75, 3.05) is 18.4 Å². The van der Waals surface area contributed by atoms with Crippen LogP contribution in [0.4, 0.5) is 0 Å². The van der Waals surface area contributed by atoms with Gasteiger partial charge in [-0.15, -0.1) is 0 Å². The summed E-state index contributed by atoms with van der Waals surface area (Å²) in [6.45, 7) is 3.28. The maximum absolute atomic E-state index is 12.4. The smallest absolute Gasteiger partial charge is 0.254 e. The number of amides is 1. The van der Waals surface area contributed by atoms with Crippen LogP contribution in [0.15, 0.2) is 28.7 Å². The van der Waals surface area contributed by atoms with Crippen molar-refractivity contribution in [3.05, 3.63) is 34.3 Å². The molecule has 2 rings (SSSR count). The molecular weight excluding hydrogens is 362 g/mol. The third-order valence-electron chi connectivity index (χ3n) is 2.86. The van der Waals surface area contributed by atoms with Crippen molar-refractivity contribution < 1.29 is 9.53 Å². The topological polar surface area (TPSA) is 29.5 Å². The Morgan fingerprint density at radius 3 is 2.94 bits per heavy atom. The zero-order valence-corrected chi connectivity index (χ0v) is 13.3. The molecule has 3 nitrogen and oxygen atoms in total. The molecule has 18 heavy (non-hydrogen) atoms. The Bertz CT molecular complexity index is 439. The number of morpholine rings is 1. The summed E-state index contributed by atoms with van der Waals surface area (Å²) in [7, 11) is 0. The molecular formula is C13H15Br2NO2. The number of nitrogens with zero attached hydrogens (tertiary/aromatic N) is 1. The van der Waals surface area contributed by atoms with Crippen LogP contribution in [0.3, 0.4) is 0 Å². The number of carbonyl (C=O) groups is 1. The normalized spacial score (nSPS) is 24.1. The highest BCUT2D eigenvalue weighted by atomic mass is 79.9. The second-order valence-electron chi connectivity index (χ2n) is 4.44. The predicted octanol–water partition coefficient (Wildman–Crippen LogP) is 3.07. The minimum Gasteiger partial charge on any atom is -0.371 e. The van der Waals surface area contributed by atoms with E-state index < -0.39 is 0 Å². The van der Waals surface area contributed by atoms with Gasteiger partial charge in [-0.1, -0.05) is 37.9 Å². The average Bonchev–Trinajstić information content (AvgIpc) is 2.37. The van der Waals surface area contributed by atoms with E-state index in [2.05, 4.69) is 31.9 Å². The highest BCUT2D eigenvalue weighted by Crippen LogP contribution is 2.18. The fourth-order valence-corrected chi connectivity index (χ4v) is 2.86. The maximum Gasteiger partial charge on any atom is 0.254 e. The molecule has 1 saturated heterocycles. The summed E-state index contributed by atoms with van der Waals surface area (Å²) in [6, 6.07) is 7.49. The van der Waals surface area contributed by atoms with Gasteiger partial charge in [-0.05, 0) is 25.1 Å². The molecule has 0 saturated carbocycles. The van der Waals surface area contributed by atoms with E-state index in [9.17, 15) is 4.79 Å². The van der Waals surface area contributed by atoms with Crippen LogP contribution in [0.25, 0.3) is 0 Å². The molecule has 2 atom stereocenters. The Hall–Kier alpha value is -0.390. The predicted molar refractivity (Wildman–Crippen MR) is 78.2 cm³/mol. The number of alkyl halides is 1. The minimum absolute atomic E-state index is 0.0670. The number of carbonyl (C=O) groups excluding carboxylic acids is 1. The Balaban J connectivity index is 2.13. The highest BCUT2D eigenvalue weighted by molar-refractivity contribution is 9.10. The number of hydrogen-bond acceptors (Lipinski definition) is 2. The summed E-state index contributed by atoms with van der Waals surface area (Å²) < 4.78 is 6.65. The van der Waals surface area contributed by atoms with Crippen LogP contribution in [0.2, 0.25) is 0 Å². The number of hydrogen-bond donors (Lipinski definition) is 0. The molecule has 0 aliphatic carbocycles. The van der Waals surface area contributed by atoms with Crippen molar-refractivity contribution in [2.24, 2.45) is 0 Å². The largest absolute Gasteiger partial charge is 0.371 e. The first-order chi connectivity index (χ1) is 8.60. The molecule has 0 aromatic heterocycles. The minimum atomic E-state index is 0.0670. The molecule has 1 aliphatic heterocycles. The molecule has 1 aromatic rings. The van der Waals surface area contributed by atoms with Gasteiger partial charge < -0.3 is 9.64 Å². The standard InChI is InChI=1S/C13H15Br2NO2/c1-9-7-16(8-12(6-14)18-9)13(17)10-3-2-4-11(15)5-10/h2-5,9,12H,6-8H2,1H3. The molecule has 0 N–H and O–H groups in total. The van der Waals surface area contributed by atoms with Crippen LogP contribution in [-0.2, 0) is 4.74 Å². The van der Waals surface area contributed by atoms with Crippen molar-refractivity contribution in [3.8, 4) is 0 Å². The molecule has 1 aliphatic rings. The van der Waals surface area contributed by atoms with E-state index in [-0.39, 0.29) is 18.1 Å². The van der Waals surface area contributed by atoms with E-state index >= 15 is 0 Å². The lowest BCUT2D eigenvalue weighted by atomic mass is 10.1. The molecule has 1 aromatic carbocycles. The molecule has 98 valence electrons. The second kappa shape index (κ2) is 6.17. The quantitative estimate of drug-likeness (QED) is 0.742. The van der Waals surface area contributed by atoms with E-state index in [1.54, 1.807) is 0 Å². The Labute approximate surface area is 124 Å². The van der Waals surface area contributed by atoms with Crippen LogP contribution in [0, 0.1) is 0 Å². The van der Waals surface area contributed by atoms with E-state index in [1.165, 1.54) is 0 Å². The summed E-state index contributed by atoms with van der Waals surface area (Å²) >= 11 is 6.80. The molecule has 0 spiro atoms. The summed E-state index contributed by atoms with van der Waals surface area (Å²) in [6.07, 6.45) is 0.155. The maximum atomic E-state index is 12.4. The van der Waals surface area contributed by atoms with Gasteiger partial charge in [0.25, 0.3) is 5.91 Å². The zero-order chi connectivity index (χ0) is 13.1. The fraction of sp³-hybridized carbons (Fsp3) is 0.462. The Morgan fingerprint density at radius 2 is 2.28 bits per heavy atom. The first-order valence-corrected chi connectivity index (χ1v) is 7.78. The van der Waals surface area contributed by atoms with Crippen molar-refractivity contribution in [2.45, 2.75) is 19.1 Å². The number of benzene rings is 1. The molecule has 1 amide bonds. The molecule has 1 fully saturated rings. The van der Waals surface area contributed by atoms with Gasteiger partial charge in [0.15, 0.2) is 0 Å². The number of rotatable bonds is 2. The lowest BCUT2D eigenvalue weighted by molar-refractivity contribution is -0.0559. The van der Waals surface area contributed by atoms with Gasteiger partial charge in [0.1, 0.15) is 0 Å². The van der Waals surface area contributed by atoms with Crippen LogP contribution in [-0.4, -0.2) is 41.4 Å². The van der Waals surface area contributed by atoms with Gasteiger partial charge >= 0.3 is 0 Å². The van der Waals surface area contributed by atoms with Gasteiger partial charge in [-0.25, -0.2) is 0 Å². The van der Waals surface area contributed by atoms with E-state index in [0.717, 1.165) is 9.80 Å². The lowest BCUT2D eigenvalue weighted by Gasteiger charge is -2.36. The number of ether oxygens (including phenoxy) is 1. The Morgan fingerprint density at radius 1 is 1.50 bits per heavy atom.